The Balaban J connectivity index is 2.31. The van der Waals surface area contributed by atoms with Gasteiger partial charge in [0.25, 0.3) is 0 Å². The van der Waals surface area contributed by atoms with E-state index in [1.165, 1.54) is 0 Å². The first-order chi connectivity index (χ1) is 8.60. The van der Waals surface area contributed by atoms with Gasteiger partial charge in [-0.25, -0.2) is 4.98 Å². The highest BCUT2D eigenvalue weighted by atomic mass is 16.5. The molecular formula is C13H14N2O3. The molecule has 1 heterocycles. The Morgan fingerprint density at radius 2 is 2.06 bits per heavy atom. The van der Waals surface area contributed by atoms with Gasteiger partial charge in [0.15, 0.2) is 0 Å². The summed E-state index contributed by atoms with van der Waals surface area (Å²) in [6, 6.07) is 7.51. The molecule has 0 amide bonds. The number of benzene rings is 1. The lowest BCUT2D eigenvalue weighted by Crippen LogP contribution is -1.99. The summed E-state index contributed by atoms with van der Waals surface area (Å²) in [6.07, 6.45) is 1.68. The van der Waals surface area contributed by atoms with Gasteiger partial charge in [-0.2, -0.15) is 0 Å². The first kappa shape index (κ1) is 12.2. The van der Waals surface area contributed by atoms with Gasteiger partial charge < -0.3 is 14.4 Å². The van der Waals surface area contributed by atoms with Crippen molar-refractivity contribution in [2.45, 2.75) is 13.3 Å². The molecule has 5 heteroatoms. The molecule has 0 radical (unpaired) electrons. The van der Waals surface area contributed by atoms with E-state index >= 15 is 0 Å². The summed E-state index contributed by atoms with van der Waals surface area (Å²) >= 11 is 0. The van der Waals surface area contributed by atoms with E-state index in [9.17, 15) is 4.79 Å². The van der Waals surface area contributed by atoms with Crippen LogP contribution in [-0.2, 0) is 11.2 Å². The monoisotopic (exact) mass is 246 g/mol. The maximum Gasteiger partial charge on any atom is 0.309 e. The molecule has 0 spiro atoms. The van der Waals surface area contributed by atoms with Crippen molar-refractivity contribution in [1.29, 1.82) is 0 Å². The molecule has 18 heavy (non-hydrogen) atoms. The van der Waals surface area contributed by atoms with Crippen molar-refractivity contribution >= 4 is 5.97 Å². The zero-order valence-electron chi connectivity index (χ0n) is 10.3. The van der Waals surface area contributed by atoms with Crippen LogP contribution in [0.1, 0.15) is 11.5 Å². The third-order valence-corrected chi connectivity index (χ3v) is 2.62. The summed E-state index contributed by atoms with van der Waals surface area (Å²) in [4.78, 5) is 14.9. The molecule has 94 valence electrons. The quantitative estimate of drug-likeness (QED) is 0.893. The molecule has 0 saturated heterocycles. The molecule has 0 fully saturated rings. The third-order valence-electron chi connectivity index (χ3n) is 2.62. The normalized spacial score (nSPS) is 10.3. The molecule has 0 bridgehead atoms. The molecule has 2 aromatic rings. The molecule has 1 N–H and O–H groups in total. The maximum absolute atomic E-state index is 10.6. The van der Waals surface area contributed by atoms with Crippen LogP contribution in [0, 0.1) is 6.92 Å². The zero-order valence-corrected chi connectivity index (χ0v) is 10.3. The predicted molar refractivity (Wildman–Crippen MR) is 66.2 cm³/mol. The largest absolute Gasteiger partial charge is 0.497 e. The summed E-state index contributed by atoms with van der Waals surface area (Å²) in [7, 11) is 1.61. The first-order valence-corrected chi connectivity index (χ1v) is 5.51. The Morgan fingerprint density at radius 1 is 1.39 bits per heavy atom. The molecule has 5 nitrogen and oxygen atoms in total. The van der Waals surface area contributed by atoms with Crippen LogP contribution >= 0.6 is 0 Å². The molecule has 0 unspecified atom stereocenters. The molecule has 0 saturated carbocycles. The minimum absolute atomic E-state index is 0.0655. The number of imidazole rings is 1. The average molecular weight is 246 g/mol. The van der Waals surface area contributed by atoms with E-state index in [2.05, 4.69) is 4.98 Å². The van der Waals surface area contributed by atoms with E-state index in [-0.39, 0.29) is 6.42 Å². The summed E-state index contributed by atoms with van der Waals surface area (Å²) in [5, 5.41) is 8.74. The number of nitrogens with zero attached hydrogens (tertiary/aromatic N) is 2. The Bertz CT molecular complexity index is 558. The fraction of sp³-hybridized carbons (Fsp3) is 0.231. The second kappa shape index (κ2) is 4.91. The van der Waals surface area contributed by atoms with Crippen LogP contribution in [0.2, 0.25) is 0 Å². The molecule has 0 aliphatic carbocycles. The van der Waals surface area contributed by atoms with Crippen LogP contribution in [0.3, 0.4) is 0 Å². The standard InChI is InChI=1S/C13H14N2O3/c1-9-14-10(7-13(16)17)8-15(9)11-3-5-12(18-2)6-4-11/h3-6,8H,7H2,1-2H3,(H,16,17). The van der Waals surface area contributed by atoms with Crippen molar-refractivity contribution < 1.29 is 14.6 Å². The Morgan fingerprint density at radius 3 is 2.61 bits per heavy atom. The number of hydrogen-bond donors (Lipinski definition) is 1. The fourth-order valence-corrected chi connectivity index (χ4v) is 1.78. The number of carbonyl (C=O) groups is 1. The number of carboxylic acids is 1. The highest BCUT2D eigenvalue weighted by Crippen LogP contribution is 2.17. The van der Waals surface area contributed by atoms with Crippen molar-refractivity contribution in [3.8, 4) is 11.4 Å². The number of aryl methyl sites for hydroxylation is 1. The van der Waals surface area contributed by atoms with Crippen molar-refractivity contribution in [2.75, 3.05) is 7.11 Å². The molecule has 2 rings (SSSR count). The van der Waals surface area contributed by atoms with Gasteiger partial charge in [0.2, 0.25) is 0 Å². The van der Waals surface area contributed by atoms with Crippen LogP contribution in [-0.4, -0.2) is 27.7 Å². The van der Waals surface area contributed by atoms with Crippen LogP contribution in [0.25, 0.3) is 5.69 Å². The van der Waals surface area contributed by atoms with Crippen molar-refractivity contribution in [3.63, 3.8) is 0 Å². The lowest BCUT2D eigenvalue weighted by Gasteiger charge is -2.05. The molecule has 0 atom stereocenters. The highest BCUT2D eigenvalue weighted by Gasteiger charge is 2.09. The van der Waals surface area contributed by atoms with Crippen LogP contribution < -0.4 is 4.74 Å². The fourth-order valence-electron chi connectivity index (χ4n) is 1.78. The number of methoxy groups -OCH3 is 1. The minimum Gasteiger partial charge on any atom is -0.497 e. The van der Waals surface area contributed by atoms with E-state index in [4.69, 9.17) is 9.84 Å². The van der Waals surface area contributed by atoms with E-state index < -0.39 is 5.97 Å². The number of aromatic nitrogens is 2. The van der Waals surface area contributed by atoms with Gasteiger partial charge in [-0.15, -0.1) is 0 Å². The summed E-state index contributed by atoms with van der Waals surface area (Å²) in [5.41, 5.74) is 1.48. The Labute approximate surface area is 105 Å². The second-order valence-electron chi connectivity index (χ2n) is 3.92. The lowest BCUT2D eigenvalue weighted by atomic mass is 10.3. The van der Waals surface area contributed by atoms with Crippen molar-refractivity contribution in [2.24, 2.45) is 0 Å². The molecular weight excluding hydrogens is 232 g/mol. The van der Waals surface area contributed by atoms with Gasteiger partial charge in [0, 0.05) is 11.9 Å². The molecule has 0 aliphatic heterocycles. The van der Waals surface area contributed by atoms with Crippen LogP contribution in [0.4, 0.5) is 0 Å². The number of ether oxygens (including phenoxy) is 1. The Hall–Kier alpha value is -2.30. The van der Waals surface area contributed by atoms with Gasteiger partial charge in [0.1, 0.15) is 11.6 Å². The number of hydrogen-bond acceptors (Lipinski definition) is 3. The predicted octanol–water partition coefficient (Wildman–Crippen LogP) is 1.82. The van der Waals surface area contributed by atoms with E-state index in [0.717, 1.165) is 17.3 Å². The van der Waals surface area contributed by atoms with Gasteiger partial charge in [0.05, 0.1) is 19.2 Å². The van der Waals surface area contributed by atoms with Gasteiger partial charge in [-0.3, -0.25) is 4.79 Å². The molecule has 1 aromatic heterocycles. The summed E-state index contributed by atoms with van der Waals surface area (Å²) < 4.78 is 6.95. The Kier molecular flexibility index (Phi) is 3.32. The van der Waals surface area contributed by atoms with Crippen LogP contribution in [0.15, 0.2) is 30.5 Å². The summed E-state index contributed by atoms with van der Waals surface area (Å²) in [6.45, 7) is 1.84. The van der Waals surface area contributed by atoms with E-state index in [0.29, 0.717) is 5.69 Å². The van der Waals surface area contributed by atoms with Gasteiger partial charge >= 0.3 is 5.97 Å². The zero-order chi connectivity index (χ0) is 13.1. The lowest BCUT2D eigenvalue weighted by molar-refractivity contribution is -0.136. The number of rotatable bonds is 4. The van der Waals surface area contributed by atoms with Gasteiger partial charge in [-0.1, -0.05) is 0 Å². The first-order valence-electron chi connectivity index (χ1n) is 5.51. The smallest absolute Gasteiger partial charge is 0.309 e. The van der Waals surface area contributed by atoms with E-state index in [1.807, 2.05) is 35.8 Å². The molecule has 0 aliphatic rings. The minimum atomic E-state index is -0.880. The average Bonchev–Trinajstić information content (AvgIpc) is 2.69. The SMILES string of the molecule is COc1ccc(-n2cc(CC(=O)O)nc2C)cc1. The summed E-state index contributed by atoms with van der Waals surface area (Å²) in [5.74, 6) is 0.660. The number of carboxylic acid groups (broad SMARTS) is 1. The van der Waals surface area contributed by atoms with Crippen LogP contribution in [0.5, 0.6) is 5.75 Å². The van der Waals surface area contributed by atoms with Crippen molar-refractivity contribution in [3.05, 3.63) is 42.0 Å². The molecule has 1 aromatic carbocycles. The van der Waals surface area contributed by atoms with Gasteiger partial charge in [-0.05, 0) is 31.2 Å². The van der Waals surface area contributed by atoms with E-state index in [1.54, 1.807) is 13.3 Å². The third kappa shape index (κ3) is 2.51. The van der Waals surface area contributed by atoms with Crippen molar-refractivity contribution in [1.82, 2.24) is 9.55 Å². The highest BCUT2D eigenvalue weighted by molar-refractivity contribution is 5.69. The maximum atomic E-state index is 10.6. The topological polar surface area (TPSA) is 64.3 Å². The second-order valence-corrected chi connectivity index (χ2v) is 3.92. The number of aliphatic carboxylic acids is 1.